The lowest BCUT2D eigenvalue weighted by molar-refractivity contribution is 0.588. The Morgan fingerprint density at radius 2 is 1.86 bits per heavy atom. The molecule has 0 saturated heterocycles. The summed E-state index contributed by atoms with van der Waals surface area (Å²) in [5, 5.41) is 0. The maximum atomic E-state index is 13.5. The molecule has 0 radical (unpaired) electrons. The summed E-state index contributed by atoms with van der Waals surface area (Å²) in [6.07, 6.45) is 0. The van der Waals surface area contributed by atoms with E-state index in [1.807, 2.05) is 13.0 Å². The third kappa shape index (κ3) is 2.85. The molecule has 0 spiro atoms. The molecule has 0 unspecified atom stereocenters. The van der Waals surface area contributed by atoms with Crippen LogP contribution in [0, 0.1) is 12.7 Å². The number of benzene rings is 2. The predicted molar refractivity (Wildman–Crippen MR) is 82.2 cm³/mol. The molecule has 2 aromatic rings. The lowest BCUT2D eigenvalue weighted by Gasteiger charge is -2.24. The molecule has 0 bridgehead atoms. The van der Waals surface area contributed by atoms with Gasteiger partial charge in [-0.25, -0.2) is 12.8 Å². The molecule has 2 N–H and O–H groups in total. The standard InChI is InChI=1S/C15H17FN2O2S/c1-3-18(12-7-4-6-11(2)10-12)21(19,20)14-9-5-8-13(16)15(14)17/h4-10H,3,17H2,1-2H3. The van der Waals surface area contributed by atoms with Crippen LogP contribution in [0.25, 0.3) is 0 Å². The lowest BCUT2D eigenvalue weighted by atomic mass is 10.2. The summed E-state index contributed by atoms with van der Waals surface area (Å²) in [5.41, 5.74) is 6.70. The Morgan fingerprint density at radius 1 is 1.19 bits per heavy atom. The highest BCUT2D eigenvalue weighted by Gasteiger charge is 2.26. The highest BCUT2D eigenvalue weighted by molar-refractivity contribution is 7.93. The van der Waals surface area contributed by atoms with Gasteiger partial charge in [0, 0.05) is 6.54 Å². The van der Waals surface area contributed by atoms with E-state index in [4.69, 9.17) is 5.73 Å². The number of hydrogen-bond acceptors (Lipinski definition) is 3. The topological polar surface area (TPSA) is 63.4 Å². The van der Waals surface area contributed by atoms with Crippen molar-refractivity contribution in [1.82, 2.24) is 0 Å². The summed E-state index contributed by atoms with van der Waals surface area (Å²) in [5.74, 6) is -0.739. The van der Waals surface area contributed by atoms with Crippen molar-refractivity contribution < 1.29 is 12.8 Å². The number of halogens is 1. The Bertz CT molecular complexity index is 760. The SMILES string of the molecule is CCN(c1cccc(C)c1)S(=O)(=O)c1cccc(F)c1N. The molecule has 0 aromatic heterocycles. The number of nitrogens with zero attached hydrogens (tertiary/aromatic N) is 1. The van der Waals surface area contributed by atoms with Crippen LogP contribution in [0.15, 0.2) is 47.4 Å². The Labute approximate surface area is 124 Å². The first-order valence-electron chi connectivity index (χ1n) is 6.51. The van der Waals surface area contributed by atoms with E-state index in [0.717, 1.165) is 11.6 Å². The number of para-hydroxylation sites is 1. The molecule has 2 aromatic carbocycles. The quantitative estimate of drug-likeness (QED) is 0.883. The monoisotopic (exact) mass is 308 g/mol. The van der Waals surface area contributed by atoms with Crippen LogP contribution in [0.1, 0.15) is 12.5 Å². The Hall–Kier alpha value is -2.08. The smallest absolute Gasteiger partial charge is 0.266 e. The Balaban J connectivity index is 2.58. The van der Waals surface area contributed by atoms with Gasteiger partial charge in [0.15, 0.2) is 0 Å². The molecular weight excluding hydrogens is 291 g/mol. The molecule has 0 saturated carbocycles. The van der Waals surface area contributed by atoms with E-state index in [1.165, 1.54) is 16.4 Å². The largest absolute Gasteiger partial charge is 0.395 e. The van der Waals surface area contributed by atoms with Gasteiger partial charge in [0.25, 0.3) is 10.0 Å². The second-order valence-electron chi connectivity index (χ2n) is 4.66. The van der Waals surface area contributed by atoms with Gasteiger partial charge in [0.1, 0.15) is 10.7 Å². The molecule has 0 aliphatic carbocycles. The third-order valence-corrected chi connectivity index (χ3v) is 5.12. The van der Waals surface area contributed by atoms with Crippen molar-refractivity contribution in [3.8, 4) is 0 Å². The number of rotatable bonds is 4. The second-order valence-corrected chi connectivity index (χ2v) is 6.49. The zero-order valence-electron chi connectivity index (χ0n) is 11.9. The molecule has 21 heavy (non-hydrogen) atoms. The molecule has 2 rings (SSSR count). The van der Waals surface area contributed by atoms with Crippen molar-refractivity contribution in [3.05, 3.63) is 53.8 Å². The molecule has 0 fully saturated rings. The summed E-state index contributed by atoms with van der Waals surface area (Å²) < 4.78 is 40.2. The van der Waals surface area contributed by atoms with Crippen LogP contribution in [-0.2, 0) is 10.0 Å². The van der Waals surface area contributed by atoms with E-state index in [2.05, 4.69) is 0 Å². The summed E-state index contributed by atoms with van der Waals surface area (Å²) in [6.45, 7) is 3.82. The maximum Gasteiger partial charge on any atom is 0.266 e. The fraction of sp³-hybridized carbons (Fsp3) is 0.200. The summed E-state index contributed by atoms with van der Waals surface area (Å²) >= 11 is 0. The van der Waals surface area contributed by atoms with Gasteiger partial charge in [0.05, 0.1) is 11.4 Å². The normalized spacial score (nSPS) is 11.4. The van der Waals surface area contributed by atoms with Crippen LogP contribution >= 0.6 is 0 Å². The molecule has 112 valence electrons. The van der Waals surface area contributed by atoms with Crippen molar-refractivity contribution >= 4 is 21.4 Å². The van der Waals surface area contributed by atoms with Crippen molar-refractivity contribution in [2.24, 2.45) is 0 Å². The first-order chi connectivity index (χ1) is 9.87. The van der Waals surface area contributed by atoms with E-state index in [-0.39, 0.29) is 17.1 Å². The summed E-state index contributed by atoms with van der Waals surface area (Å²) in [4.78, 5) is -0.217. The zero-order valence-corrected chi connectivity index (χ0v) is 12.7. The molecule has 0 amide bonds. The van der Waals surface area contributed by atoms with Crippen molar-refractivity contribution in [1.29, 1.82) is 0 Å². The van der Waals surface area contributed by atoms with Crippen LogP contribution in [0.4, 0.5) is 15.8 Å². The number of anilines is 2. The van der Waals surface area contributed by atoms with E-state index < -0.39 is 15.8 Å². The highest BCUT2D eigenvalue weighted by Crippen LogP contribution is 2.28. The van der Waals surface area contributed by atoms with E-state index in [9.17, 15) is 12.8 Å². The summed E-state index contributed by atoms with van der Waals surface area (Å²) in [7, 11) is -3.91. The Kier molecular flexibility index (Phi) is 4.18. The first kappa shape index (κ1) is 15.3. The average molecular weight is 308 g/mol. The molecule has 6 heteroatoms. The van der Waals surface area contributed by atoms with Crippen molar-refractivity contribution in [2.75, 3.05) is 16.6 Å². The van der Waals surface area contributed by atoms with Crippen LogP contribution in [0.3, 0.4) is 0 Å². The molecule has 0 atom stereocenters. The van der Waals surface area contributed by atoms with E-state index in [1.54, 1.807) is 25.1 Å². The van der Waals surface area contributed by atoms with Gasteiger partial charge in [0.2, 0.25) is 0 Å². The minimum absolute atomic E-state index is 0.217. The fourth-order valence-electron chi connectivity index (χ4n) is 2.14. The Morgan fingerprint density at radius 3 is 2.48 bits per heavy atom. The number of hydrogen-bond donors (Lipinski definition) is 1. The zero-order chi connectivity index (χ0) is 15.6. The lowest BCUT2D eigenvalue weighted by Crippen LogP contribution is -2.31. The van der Waals surface area contributed by atoms with Gasteiger partial charge in [-0.05, 0) is 43.7 Å². The van der Waals surface area contributed by atoms with Gasteiger partial charge in [-0.2, -0.15) is 0 Å². The molecular formula is C15H17FN2O2S. The minimum Gasteiger partial charge on any atom is -0.395 e. The van der Waals surface area contributed by atoms with Gasteiger partial charge >= 0.3 is 0 Å². The third-order valence-electron chi connectivity index (χ3n) is 3.16. The summed E-state index contributed by atoms with van der Waals surface area (Å²) in [6, 6.07) is 10.9. The predicted octanol–water partition coefficient (Wildman–Crippen LogP) is 2.93. The van der Waals surface area contributed by atoms with Gasteiger partial charge < -0.3 is 5.73 Å². The molecule has 0 aliphatic heterocycles. The van der Waals surface area contributed by atoms with Crippen LogP contribution in [-0.4, -0.2) is 15.0 Å². The van der Waals surface area contributed by atoms with Crippen LogP contribution in [0.2, 0.25) is 0 Å². The van der Waals surface area contributed by atoms with E-state index in [0.29, 0.717) is 5.69 Å². The maximum absolute atomic E-state index is 13.5. The van der Waals surface area contributed by atoms with Gasteiger partial charge in [-0.3, -0.25) is 4.31 Å². The van der Waals surface area contributed by atoms with Crippen molar-refractivity contribution in [2.45, 2.75) is 18.7 Å². The molecule has 0 heterocycles. The van der Waals surface area contributed by atoms with Crippen molar-refractivity contribution in [3.63, 3.8) is 0 Å². The number of aryl methyl sites for hydroxylation is 1. The van der Waals surface area contributed by atoms with Gasteiger partial charge in [-0.1, -0.05) is 18.2 Å². The number of nitrogen functional groups attached to an aromatic ring is 1. The number of sulfonamides is 1. The minimum atomic E-state index is -3.91. The average Bonchev–Trinajstić information content (AvgIpc) is 2.42. The molecule has 4 nitrogen and oxygen atoms in total. The van der Waals surface area contributed by atoms with Crippen LogP contribution in [0.5, 0.6) is 0 Å². The first-order valence-corrected chi connectivity index (χ1v) is 7.95. The second kappa shape index (κ2) is 5.73. The highest BCUT2D eigenvalue weighted by atomic mass is 32.2. The number of nitrogens with two attached hydrogens (primary N) is 1. The van der Waals surface area contributed by atoms with Crippen LogP contribution < -0.4 is 10.0 Å². The molecule has 0 aliphatic rings. The van der Waals surface area contributed by atoms with E-state index >= 15 is 0 Å². The fourth-order valence-corrected chi connectivity index (χ4v) is 3.73. The van der Waals surface area contributed by atoms with Gasteiger partial charge in [-0.15, -0.1) is 0 Å².